The maximum atomic E-state index is 13.0. The van der Waals surface area contributed by atoms with Gasteiger partial charge in [0.05, 0.1) is 0 Å². The van der Waals surface area contributed by atoms with Gasteiger partial charge >= 0.3 is 0 Å². The van der Waals surface area contributed by atoms with Crippen LogP contribution in [0.25, 0.3) is 21.9 Å². The minimum absolute atomic E-state index is 0.00401. The quantitative estimate of drug-likeness (QED) is 0.312. The fraction of sp³-hybridized carbons (Fsp3) is 0.333. The first-order chi connectivity index (χ1) is 16.0. The van der Waals surface area contributed by atoms with Gasteiger partial charge in [-0.3, -0.25) is 25.2 Å². The number of carbonyl (C=O) groups is 1. The highest BCUT2D eigenvalue weighted by atomic mass is 32.2. The van der Waals surface area contributed by atoms with E-state index >= 15 is 0 Å². The van der Waals surface area contributed by atoms with Crippen molar-refractivity contribution in [2.75, 3.05) is 20.4 Å². The number of hydrogen-bond acceptors (Lipinski definition) is 7. The Kier molecular flexibility index (Phi) is 7.57. The Labute approximate surface area is 198 Å². The molecule has 34 heavy (non-hydrogen) atoms. The number of nitrogens with zero attached hydrogens (tertiary/aromatic N) is 2. The minimum Gasteiger partial charge on any atom is -0.315 e. The van der Waals surface area contributed by atoms with Crippen LogP contribution in [0.15, 0.2) is 59.5 Å². The summed E-state index contributed by atoms with van der Waals surface area (Å²) in [6.07, 6.45) is 2.35. The van der Waals surface area contributed by atoms with Gasteiger partial charge in [-0.25, -0.2) is 13.9 Å². The predicted octanol–water partition coefficient (Wildman–Crippen LogP) is 1.93. The van der Waals surface area contributed by atoms with E-state index in [0.717, 1.165) is 34.9 Å². The fourth-order valence-electron chi connectivity index (χ4n) is 3.63. The van der Waals surface area contributed by atoms with E-state index in [9.17, 15) is 18.0 Å². The lowest BCUT2D eigenvalue weighted by Gasteiger charge is -2.25. The molecule has 0 fully saturated rings. The van der Waals surface area contributed by atoms with E-state index in [0.29, 0.717) is 5.39 Å². The van der Waals surface area contributed by atoms with Crippen molar-refractivity contribution in [1.29, 1.82) is 0 Å². The van der Waals surface area contributed by atoms with Crippen LogP contribution in [0.4, 0.5) is 0 Å². The van der Waals surface area contributed by atoms with Crippen LogP contribution in [0.1, 0.15) is 18.9 Å². The van der Waals surface area contributed by atoms with Gasteiger partial charge in [0.15, 0.2) is 14.6 Å². The van der Waals surface area contributed by atoms with Crippen molar-refractivity contribution in [2.24, 2.45) is 0 Å². The average Bonchev–Trinajstić information content (AvgIpc) is 2.81. The number of benzene rings is 2. The lowest BCUT2D eigenvalue weighted by atomic mass is 10.0. The van der Waals surface area contributed by atoms with Crippen molar-refractivity contribution in [2.45, 2.75) is 31.2 Å². The van der Waals surface area contributed by atoms with Crippen molar-refractivity contribution in [3.05, 3.63) is 70.6 Å². The first kappa shape index (κ1) is 25.6. The maximum Gasteiger partial charge on any atom is 0.264 e. The molecule has 0 aliphatic carbocycles. The number of sulfone groups is 1. The summed E-state index contributed by atoms with van der Waals surface area (Å²) in [7, 11) is 0.0337. The molecule has 1 amide bonds. The molecule has 0 saturated carbocycles. The molecule has 182 valence electrons. The van der Waals surface area contributed by atoms with Crippen LogP contribution in [0.5, 0.6) is 0 Å². The number of hydrazine groups is 1. The van der Waals surface area contributed by atoms with E-state index in [-0.39, 0.29) is 18.5 Å². The van der Waals surface area contributed by atoms with Crippen molar-refractivity contribution < 1.29 is 18.4 Å². The highest BCUT2D eigenvalue weighted by Gasteiger charge is 2.43. The molecule has 1 unspecified atom stereocenters. The Hall–Kier alpha value is -3.05. The van der Waals surface area contributed by atoms with E-state index in [2.05, 4.69) is 17.6 Å². The first-order valence-electron chi connectivity index (χ1n) is 10.7. The number of nitrogens with one attached hydrogen (secondary N) is 2. The van der Waals surface area contributed by atoms with E-state index in [1.165, 1.54) is 17.0 Å². The van der Waals surface area contributed by atoms with Gasteiger partial charge in [-0.05, 0) is 53.6 Å². The molecular weight excluding hydrogens is 456 g/mol. The third-order valence-corrected chi connectivity index (χ3v) is 8.12. The monoisotopic (exact) mass is 486 g/mol. The van der Waals surface area contributed by atoms with Crippen LogP contribution in [-0.2, 0) is 27.7 Å². The molecule has 0 bridgehead atoms. The van der Waals surface area contributed by atoms with Gasteiger partial charge in [-0.2, -0.15) is 0 Å². The van der Waals surface area contributed by atoms with Crippen molar-refractivity contribution in [1.82, 2.24) is 20.5 Å². The second-order valence-corrected chi connectivity index (χ2v) is 11.2. The van der Waals surface area contributed by atoms with Crippen LogP contribution < -0.4 is 16.5 Å². The average molecular weight is 487 g/mol. The normalized spacial score (nSPS) is 13.7. The molecule has 3 rings (SSSR count). The zero-order valence-electron chi connectivity index (χ0n) is 19.7. The Bertz CT molecular complexity index is 1350. The van der Waals surface area contributed by atoms with Crippen molar-refractivity contribution in [3.8, 4) is 11.1 Å². The van der Waals surface area contributed by atoms with Crippen LogP contribution in [0, 0.1) is 0 Å². The van der Waals surface area contributed by atoms with E-state index in [1.54, 1.807) is 18.3 Å². The van der Waals surface area contributed by atoms with Crippen molar-refractivity contribution in [3.63, 3.8) is 0 Å². The summed E-state index contributed by atoms with van der Waals surface area (Å²) in [6, 6.07) is 15.5. The van der Waals surface area contributed by atoms with Crippen LogP contribution in [-0.4, -0.2) is 54.2 Å². The summed E-state index contributed by atoms with van der Waals surface area (Å²) in [5.41, 5.74) is 7.51. The second kappa shape index (κ2) is 10.1. The van der Waals surface area contributed by atoms with Gasteiger partial charge in [0.2, 0.25) is 0 Å². The molecule has 0 aliphatic rings. The third kappa shape index (κ3) is 5.36. The minimum atomic E-state index is -3.84. The third-order valence-electron chi connectivity index (χ3n) is 6.09. The number of pyridine rings is 1. The molecular formula is C24H30N4O5S. The standard InChI is InChI=1S/C24H30N4O5S/c1-24(23(30)26-31,34(4,32)33)12-14-28-13-11-20-15-19(9-10-21(20)22(28)29)18-7-5-17(6-8-18)16-25-27(2)3/h5-11,13,15,25,31H,12,14,16H2,1-4H3,(H,26,30). The summed E-state index contributed by atoms with van der Waals surface area (Å²) < 4.78 is 23.8. The molecule has 1 atom stereocenters. The van der Waals surface area contributed by atoms with Gasteiger partial charge in [0, 0.05) is 45.0 Å². The summed E-state index contributed by atoms with van der Waals surface area (Å²) >= 11 is 0. The van der Waals surface area contributed by atoms with E-state index in [4.69, 9.17) is 5.21 Å². The fourth-order valence-corrected chi connectivity index (χ4v) is 4.47. The number of amides is 1. The first-order valence-corrected chi connectivity index (χ1v) is 12.6. The molecule has 0 aliphatic heterocycles. The number of hydrogen-bond donors (Lipinski definition) is 3. The Balaban J connectivity index is 1.85. The summed E-state index contributed by atoms with van der Waals surface area (Å²) in [6.45, 7) is 1.95. The zero-order valence-corrected chi connectivity index (χ0v) is 20.5. The molecule has 10 heteroatoms. The molecule has 3 N–H and O–H groups in total. The number of fused-ring (bicyclic) bond motifs is 1. The number of carbonyl (C=O) groups excluding carboxylic acids is 1. The molecule has 9 nitrogen and oxygen atoms in total. The van der Waals surface area contributed by atoms with Crippen molar-refractivity contribution >= 4 is 26.5 Å². The van der Waals surface area contributed by atoms with E-state index in [1.807, 2.05) is 43.4 Å². The topological polar surface area (TPSA) is 121 Å². The number of rotatable bonds is 9. The van der Waals surface area contributed by atoms with Gasteiger partial charge in [0.25, 0.3) is 11.5 Å². The van der Waals surface area contributed by atoms with E-state index < -0.39 is 20.5 Å². The number of hydroxylamine groups is 1. The van der Waals surface area contributed by atoms with Gasteiger partial charge in [0.1, 0.15) is 0 Å². The maximum absolute atomic E-state index is 13.0. The smallest absolute Gasteiger partial charge is 0.264 e. The molecule has 1 heterocycles. The molecule has 2 aromatic carbocycles. The lowest BCUT2D eigenvalue weighted by Crippen LogP contribution is -2.49. The molecule has 3 aromatic rings. The van der Waals surface area contributed by atoms with Gasteiger partial charge in [-0.1, -0.05) is 30.3 Å². The van der Waals surface area contributed by atoms with Gasteiger partial charge < -0.3 is 4.57 Å². The number of aryl methyl sites for hydroxylation is 1. The number of aromatic nitrogens is 1. The van der Waals surface area contributed by atoms with Gasteiger partial charge in [-0.15, -0.1) is 0 Å². The van der Waals surface area contributed by atoms with Crippen LogP contribution in [0.3, 0.4) is 0 Å². The zero-order chi connectivity index (χ0) is 25.1. The second-order valence-electron chi connectivity index (χ2n) is 8.74. The summed E-state index contributed by atoms with van der Waals surface area (Å²) in [5, 5.41) is 12.1. The summed E-state index contributed by atoms with van der Waals surface area (Å²) in [4.78, 5) is 25.0. The Morgan fingerprint density at radius 1 is 1.09 bits per heavy atom. The molecule has 0 radical (unpaired) electrons. The molecule has 0 saturated heterocycles. The largest absolute Gasteiger partial charge is 0.315 e. The SMILES string of the molecule is CN(C)NCc1ccc(-c2ccc3c(=O)n(CCC(C)(C(=O)NO)S(C)(=O)=O)ccc3c2)cc1. The van der Waals surface area contributed by atoms with Crippen LogP contribution >= 0.6 is 0 Å². The predicted molar refractivity (Wildman–Crippen MR) is 132 cm³/mol. The molecule has 1 aromatic heterocycles. The Morgan fingerprint density at radius 3 is 2.32 bits per heavy atom. The lowest BCUT2D eigenvalue weighted by molar-refractivity contribution is -0.131. The molecule has 0 spiro atoms. The highest BCUT2D eigenvalue weighted by Crippen LogP contribution is 2.25. The highest BCUT2D eigenvalue weighted by molar-refractivity contribution is 7.92. The van der Waals surface area contributed by atoms with Crippen LogP contribution in [0.2, 0.25) is 0 Å². The Morgan fingerprint density at radius 2 is 1.74 bits per heavy atom. The summed E-state index contributed by atoms with van der Waals surface area (Å²) in [5.74, 6) is -1.03.